The molecule has 1 heterocycles. The van der Waals surface area contributed by atoms with Crippen molar-refractivity contribution in [1.29, 1.82) is 0 Å². The van der Waals surface area contributed by atoms with Crippen LogP contribution in [-0.2, 0) is 14.3 Å². The molecule has 0 bridgehead atoms. The summed E-state index contributed by atoms with van der Waals surface area (Å²) < 4.78 is 3.49. The number of nitrogens with one attached hydrogen (secondary N) is 2. The van der Waals surface area contributed by atoms with E-state index in [1.54, 1.807) is 29.2 Å². The number of methoxy groups -OCH3 is 1. The van der Waals surface area contributed by atoms with E-state index >= 15 is 0 Å². The lowest BCUT2D eigenvalue weighted by molar-refractivity contribution is -0.139. The van der Waals surface area contributed by atoms with Crippen molar-refractivity contribution in [2.75, 3.05) is 32.1 Å². The second-order valence-electron chi connectivity index (χ2n) is 8.42. The van der Waals surface area contributed by atoms with Crippen LogP contribution in [0, 0.1) is 5.92 Å². The van der Waals surface area contributed by atoms with Crippen LogP contribution in [0.25, 0.3) is 0 Å². The smallest absolute Gasteiger partial charge is 0.253 e. The summed E-state index contributed by atoms with van der Waals surface area (Å²) in [5.41, 5.74) is 1.19. The number of rotatable bonds is 7. The van der Waals surface area contributed by atoms with Crippen molar-refractivity contribution >= 4 is 81.4 Å². The van der Waals surface area contributed by atoms with E-state index < -0.39 is 28.0 Å². The van der Waals surface area contributed by atoms with Crippen LogP contribution in [-0.4, -0.2) is 59.8 Å². The number of anilines is 1. The maximum atomic E-state index is 13.0. The zero-order valence-corrected chi connectivity index (χ0v) is 22.1. The molecular formula is C23H20Cl5N3O4. The molecule has 0 spiro atoms. The van der Waals surface area contributed by atoms with Gasteiger partial charge in [-0.2, -0.15) is 0 Å². The molecular weight excluding hydrogens is 560 g/mol. The Morgan fingerprint density at radius 2 is 1.71 bits per heavy atom. The summed E-state index contributed by atoms with van der Waals surface area (Å²) in [5.74, 6) is -2.24. The molecule has 186 valence electrons. The second-order valence-corrected chi connectivity index (χ2v) is 11.1. The fourth-order valence-electron chi connectivity index (χ4n) is 4.07. The molecule has 2 aromatic carbocycles. The van der Waals surface area contributed by atoms with Crippen LogP contribution >= 0.6 is 58.0 Å². The Balaban J connectivity index is 1.40. The van der Waals surface area contributed by atoms with E-state index in [2.05, 4.69) is 10.6 Å². The fourth-order valence-corrected chi connectivity index (χ4v) is 5.65. The van der Waals surface area contributed by atoms with E-state index in [0.717, 1.165) is 0 Å². The maximum absolute atomic E-state index is 13.0. The lowest BCUT2D eigenvalue weighted by Crippen LogP contribution is -2.61. The van der Waals surface area contributed by atoms with Crippen molar-refractivity contribution in [3.63, 3.8) is 0 Å². The second kappa shape index (κ2) is 10.3. The standard InChI is InChI=1S/C23H20Cl5N3O4/c1-35-10-18(32)31-8-15(9-31)30-21(33)16-7-14(2-3-17(16)26)29-22(34)20-19(23(20,27)28)11-4-12(24)6-13(25)5-11/h2-7,15,19-20H,8-10H2,1H3,(H,29,34)(H,30,33)/t19-,20+/m0/s1. The summed E-state index contributed by atoms with van der Waals surface area (Å²) in [5, 5.41) is 6.62. The molecule has 2 fully saturated rings. The van der Waals surface area contributed by atoms with E-state index in [0.29, 0.717) is 34.4 Å². The van der Waals surface area contributed by atoms with Crippen LogP contribution in [0.2, 0.25) is 15.1 Å². The van der Waals surface area contributed by atoms with E-state index in [1.165, 1.54) is 19.2 Å². The fraction of sp³-hybridized carbons (Fsp3) is 0.348. The lowest BCUT2D eigenvalue weighted by atomic mass is 10.1. The van der Waals surface area contributed by atoms with Gasteiger partial charge < -0.3 is 20.3 Å². The van der Waals surface area contributed by atoms with Crippen LogP contribution in [0.1, 0.15) is 21.8 Å². The van der Waals surface area contributed by atoms with Crippen LogP contribution in [0.4, 0.5) is 5.69 Å². The first-order valence-corrected chi connectivity index (χ1v) is 12.4. The van der Waals surface area contributed by atoms with Crippen molar-refractivity contribution in [2.24, 2.45) is 5.92 Å². The van der Waals surface area contributed by atoms with Gasteiger partial charge in [0.2, 0.25) is 11.8 Å². The first kappa shape index (κ1) is 26.3. The number of hydrogen-bond acceptors (Lipinski definition) is 4. The predicted octanol–water partition coefficient (Wildman–Crippen LogP) is 4.76. The van der Waals surface area contributed by atoms with Crippen LogP contribution in [0.15, 0.2) is 36.4 Å². The van der Waals surface area contributed by atoms with Crippen LogP contribution in [0.5, 0.6) is 0 Å². The third-order valence-corrected chi connectivity index (χ3v) is 7.60. The van der Waals surface area contributed by atoms with Crippen molar-refractivity contribution in [3.05, 3.63) is 62.6 Å². The number of carbonyl (C=O) groups excluding carboxylic acids is 3. The van der Waals surface area contributed by atoms with Gasteiger partial charge in [0.05, 0.1) is 22.5 Å². The van der Waals surface area contributed by atoms with Gasteiger partial charge >= 0.3 is 0 Å². The highest BCUT2D eigenvalue weighted by molar-refractivity contribution is 6.53. The molecule has 2 atom stereocenters. The topological polar surface area (TPSA) is 87.7 Å². The number of carbonyl (C=O) groups is 3. The van der Waals surface area contributed by atoms with E-state index in [9.17, 15) is 14.4 Å². The molecule has 0 unspecified atom stereocenters. The lowest BCUT2D eigenvalue weighted by Gasteiger charge is -2.39. The molecule has 1 aliphatic carbocycles. The van der Waals surface area contributed by atoms with E-state index in [1.807, 2.05) is 0 Å². The summed E-state index contributed by atoms with van der Waals surface area (Å²) >= 11 is 31.2. The Hall–Kier alpha value is -1.74. The summed E-state index contributed by atoms with van der Waals surface area (Å²) in [6.45, 7) is 0.754. The number of halogens is 5. The van der Waals surface area contributed by atoms with Gasteiger partial charge in [-0.3, -0.25) is 14.4 Å². The van der Waals surface area contributed by atoms with Gasteiger partial charge in [0.1, 0.15) is 10.9 Å². The Labute approximate surface area is 226 Å². The zero-order valence-electron chi connectivity index (χ0n) is 18.3. The number of benzene rings is 2. The maximum Gasteiger partial charge on any atom is 0.253 e. The van der Waals surface area contributed by atoms with Crippen molar-refractivity contribution in [1.82, 2.24) is 10.2 Å². The van der Waals surface area contributed by atoms with Gasteiger partial charge in [0.25, 0.3) is 5.91 Å². The van der Waals surface area contributed by atoms with Gasteiger partial charge in [-0.05, 0) is 42.0 Å². The molecule has 4 rings (SSSR count). The average Bonchev–Trinajstić information content (AvgIpc) is 3.33. The normalized spacial score (nSPS) is 20.7. The molecule has 0 radical (unpaired) electrons. The van der Waals surface area contributed by atoms with Gasteiger partial charge in [0, 0.05) is 41.8 Å². The van der Waals surface area contributed by atoms with Crippen molar-refractivity contribution in [2.45, 2.75) is 16.3 Å². The third kappa shape index (κ3) is 5.66. The van der Waals surface area contributed by atoms with Crippen molar-refractivity contribution in [3.8, 4) is 0 Å². The summed E-state index contributed by atoms with van der Waals surface area (Å²) in [7, 11) is 1.45. The molecule has 35 heavy (non-hydrogen) atoms. The number of amides is 3. The molecule has 2 N–H and O–H groups in total. The highest BCUT2D eigenvalue weighted by Crippen LogP contribution is 2.65. The first-order chi connectivity index (χ1) is 16.5. The highest BCUT2D eigenvalue weighted by atomic mass is 35.5. The van der Waals surface area contributed by atoms with E-state index in [4.69, 9.17) is 62.7 Å². The summed E-state index contributed by atoms with van der Waals surface area (Å²) in [6, 6.07) is 9.26. The Morgan fingerprint density at radius 3 is 2.34 bits per heavy atom. The number of likely N-dealkylation sites (tertiary alicyclic amines) is 1. The molecule has 1 aliphatic heterocycles. The molecule has 7 nitrogen and oxygen atoms in total. The van der Waals surface area contributed by atoms with Gasteiger partial charge in [-0.1, -0.05) is 34.8 Å². The number of hydrogen-bond donors (Lipinski definition) is 2. The molecule has 0 aromatic heterocycles. The Morgan fingerprint density at radius 1 is 1.06 bits per heavy atom. The number of alkyl halides is 2. The minimum absolute atomic E-state index is 0.00761. The quantitative estimate of drug-likeness (QED) is 0.463. The molecule has 1 saturated carbocycles. The van der Waals surface area contributed by atoms with Gasteiger partial charge in [0.15, 0.2) is 0 Å². The van der Waals surface area contributed by atoms with Crippen LogP contribution < -0.4 is 10.6 Å². The first-order valence-electron chi connectivity index (χ1n) is 10.5. The minimum atomic E-state index is -1.33. The average molecular weight is 580 g/mol. The van der Waals surface area contributed by atoms with Gasteiger partial charge in [-0.25, -0.2) is 0 Å². The molecule has 12 heteroatoms. The largest absolute Gasteiger partial charge is 0.375 e. The Bertz CT molecular complexity index is 1170. The Kier molecular flexibility index (Phi) is 7.77. The highest BCUT2D eigenvalue weighted by Gasteiger charge is 2.67. The van der Waals surface area contributed by atoms with Crippen LogP contribution in [0.3, 0.4) is 0 Å². The van der Waals surface area contributed by atoms with Crippen molar-refractivity contribution < 1.29 is 19.1 Å². The molecule has 2 aliphatic rings. The predicted molar refractivity (Wildman–Crippen MR) is 137 cm³/mol. The number of ether oxygens (including phenoxy) is 1. The molecule has 3 amide bonds. The minimum Gasteiger partial charge on any atom is -0.375 e. The summed E-state index contributed by atoms with van der Waals surface area (Å²) in [6.07, 6.45) is 0. The third-order valence-electron chi connectivity index (χ3n) is 5.90. The number of nitrogens with zero attached hydrogens (tertiary/aromatic N) is 1. The zero-order chi connectivity index (χ0) is 25.5. The van der Waals surface area contributed by atoms with E-state index in [-0.39, 0.29) is 29.1 Å². The SMILES string of the molecule is COCC(=O)N1CC(NC(=O)c2cc(NC(=O)[C@H]3[C@H](c4cc(Cl)cc(Cl)c4)C3(Cl)Cl)ccc2Cl)C1. The van der Waals surface area contributed by atoms with Gasteiger partial charge in [-0.15, -0.1) is 23.2 Å². The monoisotopic (exact) mass is 577 g/mol. The molecule has 1 saturated heterocycles. The molecule has 2 aromatic rings. The summed E-state index contributed by atoms with van der Waals surface area (Å²) in [4.78, 5) is 39.1.